The molecule has 0 aliphatic heterocycles. The first-order valence-corrected chi connectivity index (χ1v) is 6.86. The first-order chi connectivity index (χ1) is 8.77. The smallest absolute Gasteiger partial charge is 0.271 e. The molecule has 2 N–H and O–H groups in total. The molecule has 0 saturated heterocycles. The molecule has 1 heterocycles. The summed E-state index contributed by atoms with van der Waals surface area (Å²) in [5.74, 6) is -0.383. The molecular weight excluding hydrogens is 287 g/mol. The number of aromatic nitrogens is 1. The van der Waals surface area contributed by atoms with Gasteiger partial charge in [-0.25, -0.2) is 4.98 Å². The van der Waals surface area contributed by atoms with Crippen LogP contribution in [0.3, 0.4) is 0 Å². The number of hydrogen-bond acceptors (Lipinski definition) is 3. The molecule has 6 heteroatoms. The molecule has 19 heavy (non-hydrogen) atoms. The van der Waals surface area contributed by atoms with E-state index in [1.165, 1.54) is 12.1 Å². The number of rotatable bonds is 5. The SMILES string of the molecule is CCC(C)C(C)(O)CNC(=O)c1nc(Cl)ccc1Cl. The molecule has 1 amide bonds. The van der Waals surface area contributed by atoms with E-state index in [1.54, 1.807) is 6.92 Å². The summed E-state index contributed by atoms with van der Waals surface area (Å²) < 4.78 is 0. The summed E-state index contributed by atoms with van der Waals surface area (Å²) in [6.45, 7) is 5.73. The van der Waals surface area contributed by atoms with Gasteiger partial charge >= 0.3 is 0 Å². The predicted molar refractivity (Wildman–Crippen MR) is 76.7 cm³/mol. The zero-order valence-electron chi connectivity index (χ0n) is 11.2. The maximum Gasteiger partial charge on any atom is 0.271 e. The van der Waals surface area contributed by atoms with Gasteiger partial charge in [-0.05, 0) is 25.0 Å². The Labute approximate surface area is 123 Å². The maximum atomic E-state index is 11.9. The highest BCUT2D eigenvalue weighted by Crippen LogP contribution is 2.20. The van der Waals surface area contributed by atoms with Gasteiger partial charge in [-0.3, -0.25) is 4.79 Å². The largest absolute Gasteiger partial charge is 0.388 e. The van der Waals surface area contributed by atoms with Gasteiger partial charge < -0.3 is 10.4 Å². The van der Waals surface area contributed by atoms with Gasteiger partial charge in [0.2, 0.25) is 0 Å². The fourth-order valence-electron chi connectivity index (χ4n) is 1.53. The van der Waals surface area contributed by atoms with E-state index in [4.69, 9.17) is 23.2 Å². The van der Waals surface area contributed by atoms with E-state index < -0.39 is 11.5 Å². The molecule has 1 rings (SSSR count). The number of pyridine rings is 1. The summed E-state index contributed by atoms with van der Waals surface area (Å²) in [4.78, 5) is 15.8. The lowest BCUT2D eigenvalue weighted by molar-refractivity contribution is 0.00588. The summed E-state index contributed by atoms with van der Waals surface area (Å²) in [5, 5.41) is 13.3. The van der Waals surface area contributed by atoms with Gasteiger partial charge in [0.15, 0.2) is 0 Å². The first-order valence-electron chi connectivity index (χ1n) is 6.10. The Bertz CT molecular complexity index is 464. The minimum atomic E-state index is -0.977. The highest BCUT2D eigenvalue weighted by atomic mass is 35.5. The number of nitrogens with zero attached hydrogens (tertiary/aromatic N) is 1. The quantitative estimate of drug-likeness (QED) is 0.822. The minimum absolute atomic E-state index is 0.0640. The first kappa shape index (κ1) is 16.2. The summed E-state index contributed by atoms with van der Waals surface area (Å²) in [7, 11) is 0. The van der Waals surface area contributed by atoms with Gasteiger partial charge in [0, 0.05) is 6.54 Å². The molecule has 1 aromatic rings. The van der Waals surface area contributed by atoms with Gasteiger partial charge in [-0.1, -0.05) is 43.5 Å². The van der Waals surface area contributed by atoms with Gasteiger partial charge in [0.05, 0.1) is 10.6 Å². The summed E-state index contributed by atoms with van der Waals surface area (Å²) >= 11 is 11.6. The topological polar surface area (TPSA) is 62.2 Å². The molecule has 4 nitrogen and oxygen atoms in total. The second-order valence-corrected chi connectivity index (χ2v) is 5.61. The Morgan fingerprint density at radius 2 is 2.16 bits per heavy atom. The molecule has 0 aromatic carbocycles. The zero-order chi connectivity index (χ0) is 14.6. The molecule has 106 valence electrons. The molecule has 0 aliphatic carbocycles. The van der Waals surface area contributed by atoms with Gasteiger partial charge in [-0.15, -0.1) is 0 Å². The Kier molecular flexibility index (Phi) is 5.59. The van der Waals surface area contributed by atoms with Crippen LogP contribution in [0.2, 0.25) is 10.2 Å². The van der Waals surface area contributed by atoms with E-state index in [-0.39, 0.29) is 28.3 Å². The van der Waals surface area contributed by atoms with E-state index in [9.17, 15) is 9.90 Å². The van der Waals surface area contributed by atoms with Crippen molar-refractivity contribution in [3.8, 4) is 0 Å². The van der Waals surface area contributed by atoms with Crippen LogP contribution < -0.4 is 5.32 Å². The van der Waals surface area contributed by atoms with Crippen molar-refractivity contribution in [2.75, 3.05) is 6.54 Å². The van der Waals surface area contributed by atoms with Crippen molar-refractivity contribution >= 4 is 29.1 Å². The number of halogens is 2. The lowest BCUT2D eigenvalue weighted by atomic mass is 9.88. The van der Waals surface area contributed by atoms with Crippen LogP contribution in [0.25, 0.3) is 0 Å². The third kappa shape index (κ3) is 4.34. The van der Waals surface area contributed by atoms with Crippen LogP contribution in [-0.4, -0.2) is 28.1 Å². The second kappa shape index (κ2) is 6.55. The monoisotopic (exact) mass is 304 g/mol. The average Bonchev–Trinajstić information content (AvgIpc) is 2.37. The number of hydrogen-bond donors (Lipinski definition) is 2. The second-order valence-electron chi connectivity index (χ2n) is 4.81. The molecule has 0 saturated carbocycles. The molecule has 2 atom stereocenters. The zero-order valence-corrected chi connectivity index (χ0v) is 12.7. The number of carbonyl (C=O) groups is 1. The van der Waals surface area contributed by atoms with Crippen LogP contribution in [0, 0.1) is 5.92 Å². The van der Waals surface area contributed by atoms with Crippen molar-refractivity contribution in [2.24, 2.45) is 5.92 Å². The molecule has 0 radical (unpaired) electrons. The Morgan fingerprint density at radius 1 is 1.53 bits per heavy atom. The van der Waals surface area contributed by atoms with Crippen molar-refractivity contribution in [1.82, 2.24) is 10.3 Å². The third-order valence-corrected chi connectivity index (χ3v) is 3.82. The Balaban J connectivity index is 2.73. The lowest BCUT2D eigenvalue weighted by Crippen LogP contribution is -2.45. The van der Waals surface area contributed by atoms with E-state index in [1.807, 2.05) is 13.8 Å². The van der Waals surface area contributed by atoms with E-state index >= 15 is 0 Å². The van der Waals surface area contributed by atoms with E-state index in [0.29, 0.717) is 0 Å². The van der Waals surface area contributed by atoms with Crippen LogP contribution in [0.5, 0.6) is 0 Å². The van der Waals surface area contributed by atoms with Crippen molar-refractivity contribution < 1.29 is 9.90 Å². The lowest BCUT2D eigenvalue weighted by Gasteiger charge is -2.29. The highest BCUT2D eigenvalue weighted by Gasteiger charge is 2.28. The van der Waals surface area contributed by atoms with E-state index in [2.05, 4.69) is 10.3 Å². The molecule has 1 aromatic heterocycles. The van der Waals surface area contributed by atoms with Crippen LogP contribution >= 0.6 is 23.2 Å². The van der Waals surface area contributed by atoms with Crippen molar-refractivity contribution in [3.63, 3.8) is 0 Å². The highest BCUT2D eigenvalue weighted by molar-refractivity contribution is 6.34. The van der Waals surface area contributed by atoms with Gasteiger partial charge in [0.1, 0.15) is 10.8 Å². The van der Waals surface area contributed by atoms with Gasteiger partial charge in [0.25, 0.3) is 5.91 Å². The number of aliphatic hydroxyl groups is 1. The maximum absolute atomic E-state index is 11.9. The van der Waals surface area contributed by atoms with Crippen molar-refractivity contribution in [3.05, 3.63) is 28.0 Å². The Morgan fingerprint density at radius 3 is 2.74 bits per heavy atom. The fraction of sp³-hybridized carbons (Fsp3) is 0.538. The number of amides is 1. The van der Waals surface area contributed by atoms with Gasteiger partial charge in [-0.2, -0.15) is 0 Å². The standard InChI is InChI=1S/C13H18Cl2N2O2/c1-4-8(2)13(3,19)7-16-12(18)11-9(14)5-6-10(15)17-11/h5-6,8,19H,4,7H2,1-3H3,(H,16,18). The molecule has 2 unspecified atom stereocenters. The summed E-state index contributed by atoms with van der Waals surface area (Å²) in [5.41, 5.74) is -0.913. The van der Waals surface area contributed by atoms with Crippen LogP contribution in [-0.2, 0) is 0 Å². The fourth-order valence-corrected chi connectivity index (χ4v) is 1.87. The average molecular weight is 305 g/mol. The molecule has 0 bridgehead atoms. The van der Waals surface area contributed by atoms with Crippen LogP contribution in [0.15, 0.2) is 12.1 Å². The Hall–Kier alpha value is -0.840. The summed E-state index contributed by atoms with van der Waals surface area (Å²) in [6.07, 6.45) is 0.818. The van der Waals surface area contributed by atoms with Crippen molar-refractivity contribution in [1.29, 1.82) is 0 Å². The van der Waals surface area contributed by atoms with Crippen LogP contribution in [0.4, 0.5) is 0 Å². The molecule has 0 spiro atoms. The molecular formula is C13H18Cl2N2O2. The molecule has 0 aliphatic rings. The van der Waals surface area contributed by atoms with E-state index in [0.717, 1.165) is 6.42 Å². The minimum Gasteiger partial charge on any atom is -0.388 e. The normalized spacial score (nSPS) is 15.7. The number of nitrogens with one attached hydrogen (secondary N) is 1. The molecule has 0 fully saturated rings. The van der Waals surface area contributed by atoms with Crippen molar-refractivity contribution in [2.45, 2.75) is 32.8 Å². The predicted octanol–water partition coefficient (Wildman–Crippen LogP) is 2.92. The van der Waals surface area contributed by atoms with Crippen LogP contribution in [0.1, 0.15) is 37.7 Å². The summed E-state index contributed by atoms with van der Waals surface area (Å²) in [6, 6.07) is 3.02. The number of carbonyl (C=O) groups excluding carboxylic acids is 1. The third-order valence-electron chi connectivity index (χ3n) is 3.31.